The Morgan fingerprint density at radius 1 is 1.32 bits per heavy atom. The highest BCUT2D eigenvalue weighted by molar-refractivity contribution is 8.00. The van der Waals surface area contributed by atoms with Crippen LogP contribution >= 0.6 is 34.7 Å². The zero-order valence-corrected chi connectivity index (χ0v) is 16.2. The first kappa shape index (κ1) is 17.9. The monoisotopic (exact) mass is 393 g/mol. The molecule has 3 rings (SSSR count). The van der Waals surface area contributed by atoms with Crippen LogP contribution in [0.4, 0.5) is 5.13 Å². The Labute approximate surface area is 158 Å². The number of thioether (sulfide) groups is 1. The van der Waals surface area contributed by atoms with Crippen LogP contribution in [0.2, 0.25) is 5.02 Å². The van der Waals surface area contributed by atoms with Crippen LogP contribution in [0, 0.1) is 6.92 Å². The summed E-state index contributed by atoms with van der Waals surface area (Å²) in [6.07, 6.45) is 0. The second-order valence-electron chi connectivity index (χ2n) is 5.42. The number of rotatable bonds is 5. The zero-order chi connectivity index (χ0) is 18.0. The summed E-state index contributed by atoms with van der Waals surface area (Å²) < 4.78 is 1.87. The molecule has 130 valence electrons. The lowest BCUT2D eigenvalue weighted by molar-refractivity contribution is -0.115. The van der Waals surface area contributed by atoms with E-state index >= 15 is 0 Å². The number of nitrogens with zero attached hydrogens (tertiary/aromatic N) is 4. The average molecular weight is 394 g/mol. The van der Waals surface area contributed by atoms with Gasteiger partial charge in [-0.3, -0.25) is 4.79 Å². The van der Waals surface area contributed by atoms with E-state index in [0.717, 1.165) is 17.1 Å². The number of halogens is 1. The Balaban J connectivity index is 1.70. The molecule has 0 fully saturated rings. The maximum atomic E-state index is 12.3. The predicted molar refractivity (Wildman–Crippen MR) is 102 cm³/mol. The van der Waals surface area contributed by atoms with E-state index in [1.54, 1.807) is 0 Å². The van der Waals surface area contributed by atoms with E-state index in [0.29, 0.717) is 15.3 Å². The topological polar surface area (TPSA) is 72.7 Å². The number of benzene rings is 1. The lowest BCUT2D eigenvalue weighted by atomic mass is 10.2. The summed E-state index contributed by atoms with van der Waals surface area (Å²) in [6.45, 7) is 3.72. The third-order valence-electron chi connectivity index (χ3n) is 3.44. The molecule has 0 radical (unpaired) electrons. The highest BCUT2D eigenvalue weighted by Gasteiger charge is 2.20. The van der Waals surface area contributed by atoms with E-state index in [-0.39, 0.29) is 11.2 Å². The summed E-state index contributed by atoms with van der Waals surface area (Å²) in [5.41, 5.74) is 1.81. The Hall–Kier alpha value is -1.90. The summed E-state index contributed by atoms with van der Waals surface area (Å²) >= 11 is 8.68. The smallest absolute Gasteiger partial charge is 0.239 e. The molecule has 0 spiro atoms. The Kier molecular flexibility index (Phi) is 5.41. The van der Waals surface area contributed by atoms with Crippen molar-refractivity contribution in [1.29, 1.82) is 0 Å². The fourth-order valence-corrected chi connectivity index (χ4v) is 3.73. The van der Waals surface area contributed by atoms with Crippen LogP contribution in [0.3, 0.4) is 0 Å². The van der Waals surface area contributed by atoms with E-state index in [1.165, 1.54) is 23.1 Å². The molecule has 0 aliphatic heterocycles. The highest BCUT2D eigenvalue weighted by atomic mass is 35.5. The first-order valence-electron chi connectivity index (χ1n) is 7.49. The van der Waals surface area contributed by atoms with Gasteiger partial charge in [-0.1, -0.05) is 23.4 Å². The van der Waals surface area contributed by atoms with Gasteiger partial charge in [0, 0.05) is 23.0 Å². The molecule has 2 heterocycles. The average Bonchev–Trinajstić information content (AvgIpc) is 3.15. The van der Waals surface area contributed by atoms with Crippen molar-refractivity contribution in [2.45, 2.75) is 24.3 Å². The van der Waals surface area contributed by atoms with Crippen molar-refractivity contribution in [3.63, 3.8) is 0 Å². The molecule has 0 aliphatic rings. The molecule has 1 atom stereocenters. The molecule has 1 N–H and O–H groups in total. The van der Waals surface area contributed by atoms with Crippen molar-refractivity contribution in [1.82, 2.24) is 19.7 Å². The quantitative estimate of drug-likeness (QED) is 0.663. The third-order valence-corrected chi connectivity index (χ3v) is 5.70. The van der Waals surface area contributed by atoms with Crippen LogP contribution in [0.25, 0.3) is 11.4 Å². The van der Waals surface area contributed by atoms with Crippen LogP contribution < -0.4 is 5.32 Å². The van der Waals surface area contributed by atoms with Gasteiger partial charge in [0.2, 0.25) is 5.91 Å². The Morgan fingerprint density at radius 2 is 2.04 bits per heavy atom. The number of carbonyl (C=O) groups is 1. The summed E-state index contributed by atoms with van der Waals surface area (Å²) in [5, 5.41) is 14.8. The number of aromatic nitrogens is 4. The van der Waals surface area contributed by atoms with Gasteiger partial charge in [0.15, 0.2) is 16.1 Å². The number of anilines is 1. The van der Waals surface area contributed by atoms with Gasteiger partial charge in [-0.05, 0) is 38.1 Å². The number of hydrogen-bond acceptors (Lipinski definition) is 6. The van der Waals surface area contributed by atoms with E-state index in [1.807, 2.05) is 55.1 Å². The summed E-state index contributed by atoms with van der Waals surface area (Å²) in [4.78, 5) is 16.6. The summed E-state index contributed by atoms with van der Waals surface area (Å²) in [5.74, 6) is 0.609. The maximum absolute atomic E-state index is 12.3. The first-order chi connectivity index (χ1) is 11.9. The summed E-state index contributed by atoms with van der Waals surface area (Å²) in [6, 6.07) is 7.40. The van der Waals surface area contributed by atoms with Crippen molar-refractivity contribution in [3.8, 4) is 11.4 Å². The number of hydrogen-bond donors (Lipinski definition) is 1. The molecule has 25 heavy (non-hydrogen) atoms. The zero-order valence-electron chi connectivity index (χ0n) is 13.9. The highest BCUT2D eigenvalue weighted by Crippen LogP contribution is 2.27. The molecule has 0 saturated heterocycles. The third kappa shape index (κ3) is 4.20. The molecule has 0 aliphatic carbocycles. The fourth-order valence-electron chi connectivity index (χ4n) is 2.10. The van der Waals surface area contributed by atoms with Crippen LogP contribution in [0.5, 0.6) is 0 Å². The van der Waals surface area contributed by atoms with Gasteiger partial charge >= 0.3 is 0 Å². The normalized spacial score (nSPS) is 12.2. The standard InChI is InChI=1S/C16H16ClN5OS2/c1-9-8-24-15(18-9)19-14(23)10(2)25-16-21-20-13(22(16)3)11-4-6-12(17)7-5-11/h4-8,10H,1-3H3,(H,18,19,23). The van der Waals surface area contributed by atoms with Gasteiger partial charge in [-0.2, -0.15) is 0 Å². The van der Waals surface area contributed by atoms with Crippen molar-refractivity contribution in [2.75, 3.05) is 5.32 Å². The maximum Gasteiger partial charge on any atom is 0.239 e. The minimum absolute atomic E-state index is 0.115. The van der Waals surface area contributed by atoms with Gasteiger partial charge in [-0.15, -0.1) is 21.5 Å². The molecular formula is C16H16ClN5OS2. The van der Waals surface area contributed by atoms with Crippen LogP contribution in [0.15, 0.2) is 34.8 Å². The molecule has 6 nitrogen and oxygen atoms in total. The van der Waals surface area contributed by atoms with Gasteiger partial charge < -0.3 is 9.88 Å². The molecule has 1 unspecified atom stereocenters. The molecular weight excluding hydrogens is 378 g/mol. The second kappa shape index (κ2) is 7.55. The van der Waals surface area contributed by atoms with Crippen molar-refractivity contribution < 1.29 is 4.79 Å². The van der Waals surface area contributed by atoms with Gasteiger partial charge in [0.05, 0.1) is 10.9 Å². The fraction of sp³-hybridized carbons (Fsp3) is 0.250. The van der Waals surface area contributed by atoms with E-state index in [2.05, 4.69) is 20.5 Å². The lowest BCUT2D eigenvalue weighted by Crippen LogP contribution is -2.22. The Bertz CT molecular complexity index is 890. The minimum Gasteiger partial charge on any atom is -0.305 e. The van der Waals surface area contributed by atoms with Gasteiger partial charge in [0.25, 0.3) is 0 Å². The van der Waals surface area contributed by atoms with Gasteiger partial charge in [0.1, 0.15) is 0 Å². The number of amides is 1. The molecule has 1 amide bonds. The minimum atomic E-state index is -0.329. The number of nitrogens with one attached hydrogen (secondary N) is 1. The van der Waals surface area contributed by atoms with Crippen molar-refractivity contribution in [3.05, 3.63) is 40.4 Å². The Morgan fingerprint density at radius 3 is 2.68 bits per heavy atom. The SMILES string of the molecule is Cc1csc(NC(=O)C(C)Sc2nnc(-c3ccc(Cl)cc3)n2C)n1. The summed E-state index contributed by atoms with van der Waals surface area (Å²) in [7, 11) is 1.88. The van der Waals surface area contributed by atoms with Gasteiger partial charge in [-0.25, -0.2) is 4.98 Å². The van der Waals surface area contributed by atoms with E-state index in [4.69, 9.17) is 11.6 Å². The van der Waals surface area contributed by atoms with E-state index < -0.39 is 0 Å². The van der Waals surface area contributed by atoms with E-state index in [9.17, 15) is 4.79 Å². The van der Waals surface area contributed by atoms with Crippen LogP contribution in [-0.4, -0.2) is 30.9 Å². The first-order valence-corrected chi connectivity index (χ1v) is 9.62. The predicted octanol–water partition coefficient (Wildman–Crippen LogP) is 4.02. The molecule has 0 bridgehead atoms. The molecule has 0 saturated carbocycles. The second-order valence-corrected chi connectivity index (χ2v) is 8.02. The van der Waals surface area contributed by atoms with Crippen LogP contribution in [0.1, 0.15) is 12.6 Å². The van der Waals surface area contributed by atoms with Crippen molar-refractivity contribution >= 4 is 45.7 Å². The molecule has 9 heteroatoms. The number of aryl methyl sites for hydroxylation is 1. The molecule has 3 aromatic rings. The van der Waals surface area contributed by atoms with Crippen LogP contribution in [-0.2, 0) is 11.8 Å². The largest absolute Gasteiger partial charge is 0.305 e. The molecule has 1 aromatic carbocycles. The molecule has 2 aromatic heterocycles. The number of thiazole rings is 1. The lowest BCUT2D eigenvalue weighted by Gasteiger charge is -2.10. The van der Waals surface area contributed by atoms with Crippen molar-refractivity contribution in [2.24, 2.45) is 7.05 Å². The number of carbonyl (C=O) groups excluding carboxylic acids is 1.